The van der Waals surface area contributed by atoms with Crippen molar-refractivity contribution in [3.05, 3.63) is 65.2 Å². The smallest absolute Gasteiger partial charge is 0.132 e. The summed E-state index contributed by atoms with van der Waals surface area (Å²) in [4.78, 5) is 4.46. The fourth-order valence-electron chi connectivity index (χ4n) is 2.51. The lowest BCUT2D eigenvalue weighted by molar-refractivity contribution is 0.175. The summed E-state index contributed by atoms with van der Waals surface area (Å²) in [5, 5.41) is 0.740. The fraction of sp³-hybridized carbons (Fsp3) is 0.400. The first-order valence-electron chi connectivity index (χ1n) is 8.00. The van der Waals surface area contributed by atoms with Gasteiger partial charge < -0.3 is 9.80 Å². The average Bonchev–Trinajstić information content (AvgIpc) is 2.91. The van der Waals surface area contributed by atoms with Gasteiger partial charge in [-0.25, -0.2) is 0 Å². The molecule has 1 aromatic rings. The van der Waals surface area contributed by atoms with Crippen molar-refractivity contribution < 1.29 is 0 Å². The Hall–Kier alpha value is -1.67. The van der Waals surface area contributed by atoms with Gasteiger partial charge in [0.2, 0.25) is 0 Å². The quantitative estimate of drug-likeness (QED) is 0.676. The zero-order valence-electron chi connectivity index (χ0n) is 15.0. The molecule has 2 rings (SSSR count). The second-order valence-corrected chi connectivity index (χ2v) is 8.20. The normalized spacial score (nSPS) is 15.9. The third-order valence-corrected chi connectivity index (χ3v) is 4.00. The van der Waals surface area contributed by atoms with E-state index < -0.39 is 0 Å². The molecule has 0 aliphatic carbocycles. The standard InChI is InChI=1S/C20H27ClN2/c1-19(2,3)22-14-15-23(20(4,5)6)18(22)17(21)13-12-16-10-8-7-9-11-16/h7-15H,1-6H3. The molecule has 0 spiro atoms. The molecule has 3 heteroatoms. The Kier molecular flexibility index (Phi) is 4.95. The summed E-state index contributed by atoms with van der Waals surface area (Å²) in [5.74, 6) is 1.03. The predicted octanol–water partition coefficient (Wildman–Crippen LogP) is 5.79. The minimum Gasteiger partial charge on any atom is -0.326 e. The highest BCUT2D eigenvalue weighted by Crippen LogP contribution is 2.36. The van der Waals surface area contributed by atoms with Gasteiger partial charge in [0, 0.05) is 23.5 Å². The van der Waals surface area contributed by atoms with E-state index in [1.165, 1.54) is 0 Å². The predicted molar refractivity (Wildman–Crippen MR) is 101 cm³/mol. The molecule has 0 bridgehead atoms. The van der Waals surface area contributed by atoms with Crippen LogP contribution in [0, 0.1) is 0 Å². The monoisotopic (exact) mass is 330 g/mol. The molecule has 124 valence electrons. The highest BCUT2D eigenvalue weighted by molar-refractivity contribution is 6.31. The van der Waals surface area contributed by atoms with E-state index in [4.69, 9.17) is 11.6 Å². The molecule has 0 amide bonds. The van der Waals surface area contributed by atoms with Crippen molar-refractivity contribution in [3.8, 4) is 0 Å². The number of halogens is 1. The van der Waals surface area contributed by atoms with Crippen molar-refractivity contribution in [1.29, 1.82) is 0 Å². The summed E-state index contributed by atoms with van der Waals surface area (Å²) in [6.07, 6.45) is 8.25. The Morgan fingerprint density at radius 1 is 0.870 bits per heavy atom. The van der Waals surface area contributed by atoms with E-state index in [2.05, 4.69) is 82.0 Å². The van der Waals surface area contributed by atoms with Gasteiger partial charge in [0.05, 0.1) is 5.03 Å². The van der Waals surface area contributed by atoms with Crippen molar-refractivity contribution in [3.63, 3.8) is 0 Å². The molecular formula is C20H27ClN2. The van der Waals surface area contributed by atoms with Crippen LogP contribution < -0.4 is 0 Å². The molecule has 1 aromatic carbocycles. The molecule has 0 aromatic heterocycles. The summed E-state index contributed by atoms with van der Waals surface area (Å²) in [6.45, 7) is 13.1. The largest absolute Gasteiger partial charge is 0.326 e. The van der Waals surface area contributed by atoms with E-state index in [9.17, 15) is 0 Å². The molecule has 0 N–H and O–H groups in total. The van der Waals surface area contributed by atoms with Gasteiger partial charge in [-0.3, -0.25) is 0 Å². The number of hydrogen-bond acceptors (Lipinski definition) is 2. The third-order valence-electron chi connectivity index (χ3n) is 3.70. The van der Waals surface area contributed by atoms with Gasteiger partial charge in [-0.1, -0.05) is 48.0 Å². The van der Waals surface area contributed by atoms with E-state index in [0.29, 0.717) is 0 Å². The summed E-state index contributed by atoms with van der Waals surface area (Å²) < 4.78 is 0. The lowest BCUT2D eigenvalue weighted by atomic mass is 10.0. The molecule has 2 nitrogen and oxygen atoms in total. The summed E-state index contributed by atoms with van der Waals surface area (Å²) in [6, 6.07) is 10.2. The molecule has 0 atom stereocenters. The van der Waals surface area contributed by atoms with Crippen LogP contribution in [0.3, 0.4) is 0 Å². The van der Waals surface area contributed by atoms with Crippen molar-refractivity contribution >= 4 is 17.7 Å². The van der Waals surface area contributed by atoms with Crippen LogP contribution in [-0.4, -0.2) is 20.9 Å². The van der Waals surface area contributed by atoms with Crippen LogP contribution in [0.15, 0.2) is 59.7 Å². The Labute approximate surface area is 145 Å². The minimum absolute atomic E-state index is 0.0352. The van der Waals surface area contributed by atoms with Crippen molar-refractivity contribution in [1.82, 2.24) is 9.80 Å². The molecule has 1 aliphatic heterocycles. The summed E-state index contributed by atoms with van der Waals surface area (Å²) in [5.41, 5.74) is 1.07. The molecule has 0 saturated heterocycles. The maximum absolute atomic E-state index is 6.71. The van der Waals surface area contributed by atoms with Gasteiger partial charge in [-0.2, -0.15) is 0 Å². The Morgan fingerprint density at radius 2 is 1.35 bits per heavy atom. The van der Waals surface area contributed by atoms with Gasteiger partial charge in [-0.05, 0) is 53.2 Å². The maximum atomic E-state index is 6.71. The molecule has 0 saturated carbocycles. The van der Waals surface area contributed by atoms with Crippen molar-refractivity contribution in [2.75, 3.05) is 0 Å². The number of benzene rings is 1. The molecule has 1 heterocycles. The number of allylic oxidation sites excluding steroid dienone is 2. The fourth-order valence-corrected chi connectivity index (χ4v) is 2.76. The second kappa shape index (κ2) is 6.45. The number of rotatable bonds is 2. The van der Waals surface area contributed by atoms with Crippen LogP contribution in [0.2, 0.25) is 0 Å². The molecule has 1 aliphatic rings. The van der Waals surface area contributed by atoms with E-state index >= 15 is 0 Å². The van der Waals surface area contributed by atoms with E-state index in [-0.39, 0.29) is 11.1 Å². The zero-order chi connectivity index (χ0) is 17.3. The zero-order valence-corrected chi connectivity index (χ0v) is 15.7. The third kappa shape index (κ3) is 4.20. The average molecular weight is 331 g/mol. The van der Waals surface area contributed by atoms with Gasteiger partial charge in [0.1, 0.15) is 5.82 Å². The lowest BCUT2D eigenvalue weighted by Crippen LogP contribution is -2.43. The SMILES string of the molecule is CC(C)(C)N1C=CN(C(C)(C)C)C1=C(Cl)C=Cc1ccccc1. The highest BCUT2D eigenvalue weighted by atomic mass is 35.5. The highest BCUT2D eigenvalue weighted by Gasteiger charge is 2.35. The molecular weight excluding hydrogens is 304 g/mol. The van der Waals surface area contributed by atoms with Crippen LogP contribution in [0.5, 0.6) is 0 Å². The van der Waals surface area contributed by atoms with Gasteiger partial charge in [0.15, 0.2) is 0 Å². The van der Waals surface area contributed by atoms with Gasteiger partial charge >= 0.3 is 0 Å². The van der Waals surface area contributed by atoms with Crippen molar-refractivity contribution in [2.24, 2.45) is 0 Å². The van der Waals surface area contributed by atoms with Crippen LogP contribution in [-0.2, 0) is 0 Å². The maximum Gasteiger partial charge on any atom is 0.132 e. The minimum atomic E-state index is -0.0352. The second-order valence-electron chi connectivity index (χ2n) is 7.80. The van der Waals surface area contributed by atoms with Crippen LogP contribution in [0.25, 0.3) is 6.08 Å². The van der Waals surface area contributed by atoms with Crippen LogP contribution >= 0.6 is 11.6 Å². The first-order valence-corrected chi connectivity index (χ1v) is 8.38. The molecule has 0 fully saturated rings. The molecule has 0 unspecified atom stereocenters. The first kappa shape index (κ1) is 17.7. The Morgan fingerprint density at radius 3 is 1.78 bits per heavy atom. The van der Waals surface area contributed by atoms with Crippen LogP contribution in [0.4, 0.5) is 0 Å². The lowest BCUT2D eigenvalue weighted by Gasteiger charge is -2.40. The van der Waals surface area contributed by atoms with Gasteiger partial charge in [0.25, 0.3) is 0 Å². The summed E-state index contributed by atoms with van der Waals surface area (Å²) >= 11 is 6.71. The Bertz CT molecular complexity index is 602. The summed E-state index contributed by atoms with van der Waals surface area (Å²) in [7, 11) is 0. The van der Waals surface area contributed by atoms with Crippen molar-refractivity contribution in [2.45, 2.75) is 52.6 Å². The van der Waals surface area contributed by atoms with E-state index in [1.54, 1.807) is 0 Å². The van der Waals surface area contributed by atoms with Gasteiger partial charge in [-0.15, -0.1) is 0 Å². The molecule has 0 radical (unpaired) electrons. The first-order chi connectivity index (χ1) is 10.6. The number of hydrogen-bond donors (Lipinski definition) is 0. The Balaban J connectivity index is 2.42. The molecule has 23 heavy (non-hydrogen) atoms. The number of nitrogens with zero attached hydrogens (tertiary/aromatic N) is 2. The topological polar surface area (TPSA) is 6.48 Å². The van der Waals surface area contributed by atoms with E-state index in [1.807, 2.05) is 24.3 Å². The van der Waals surface area contributed by atoms with Crippen LogP contribution in [0.1, 0.15) is 47.1 Å². The van der Waals surface area contributed by atoms with E-state index in [0.717, 1.165) is 16.4 Å².